The van der Waals surface area contributed by atoms with Crippen LogP contribution in [0, 0.1) is 6.92 Å². The predicted molar refractivity (Wildman–Crippen MR) is 83.9 cm³/mol. The van der Waals surface area contributed by atoms with Gasteiger partial charge in [0.2, 0.25) is 0 Å². The molecule has 0 aliphatic heterocycles. The molecule has 0 aromatic heterocycles. The van der Waals surface area contributed by atoms with Crippen LogP contribution < -0.4 is 5.32 Å². The molecule has 112 valence electrons. The van der Waals surface area contributed by atoms with E-state index < -0.39 is 9.84 Å². The van der Waals surface area contributed by atoms with Gasteiger partial charge in [0.1, 0.15) is 9.84 Å². The Balaban J connectivity index is 1.75. The highest BCUT2D eigenvalue weighted by atomic mass is 32.2. The van der Waals surface area contributed by atoms with Crippen molar-refractivity contribution in [2.75, 3.05) is 12.0 Å². The van der Waals surface area contributed by atoms with Gasteiger partial charge in [-0.25, -0.2) is 8.42 Å². The lowest BCUT2D eigenvalue weighted by atomic mass is 9.74. The van der Waals surface area contributed by atoms with Crippen LogP contribution in [-0.4, -0.2) is 32.5 Å². The van der Waals surface area contributed by atoms with Crippen molar-refractivity contribution in [1.29, 1.82) is 0 Å². The van der Waals surface area contributed by atoms with Gasteiger partial charge in [-0.2, -0.15) is 0 Å². The van der Waals surface area contributed by atoms with Crippen molar-refractivity contribution < 1.29 is 8.42 Å². The predicted octanol–water partition coefficient (Wildman–Crippen LogP) is 2.65. The lowest BCUT2D eigenvalue weighted by Gasteiger charge is -2.38. The first-order chi connectivity index (χ1) is 9.35. The first kappa shape index (κ1) is 15.5. The fourth-order valence-corrected chi connectivity index (χ4v) is 3.71. The number of benzene rings is 1. The molecule has 0 saturated heterocycles. The Morgan fingerprint density at radius 2 is 1.95 bits per heavy atom. The Bertz CT molecular complexity index is 547. The Morgan fingerprint density at radius 1 is 1.30 bits per heavy atom. The maximum Gasteiger partial charge on any atom is 0.147 e. The van der Waals surface area contributed by atoms with Gasteiger partial charge in [0.15, 0.2) is 0 Å². The number of nitrogens with one attached hydrogen (secondary N) is 1. The number of hydrogen-bond donors (Lipinski definition) is 1. The number of aryl methyl sites for hydroxylation is 1. The van der Waals surface area contributed by atoms with Crippen molar-refractivity contribution >= 4 is 9.84 Å². The highest BCUT2D eigenvalue weighted by molar-refractivity contribution is 7.90. The minimum absolute atomic E-state index is 0.271. The molecule has 0 heterocycles. The summed E-state index contributed by atoms with van der Waals surface area (Å²) in [4.78, 5) is 0. The zero-order valence-corrected chi connectivity index (χ0v) is 13.4. The van der Waals surface area contributed by atoms with Gasteiger partial charge < -0.3 is 5.32 Å². The lowest BCUT2D eigenvalue weighted by molar-refractivity contribution is 0.267. The van der Waals surface area contributed by atoms with Crippen LogP contribution in [0.5, 0.6) is 0 Å². The van der Waals surface area contributed by atoms with E-state index in [-0.39, 0.29) is 11.8 Å². The van der Waals surface area contributed by atoms with E-state index >= 15 is 0 Å². The molecular weight excluding hydrogens is 270 g/mol. The maximum atomic E-state index is 11.2. The summed E-state index contributed by atoms with van der Waals surface area (Å²) in [5, 5.41) is 3.54. The van der Waals surface area contributed by atoms with E-state index in [1.54, 1.807) is 0 Å². The molecule has 2 rings (SSSR count). The Morgan fingerprint density at radius 3 is 2.55 bits per heavy atom. The molecule has 1 unspecified atom stereocenters. The van der Waals surface area contributed by atoms with Crippen molar-refractivity contribution in [3.8, 4) is 0 Å². The molecule has 4 heteroatoms. The molecule has 1 saturated carbocycles. The van der Waals surface area contributed by atoms with Crippen LogP contribution in [0.4, 0.5) is 0 Å². The van der Waals surface area contributed by atoms with Gasteiger partial charge in [-0.05, 0) is 50.2 Å². The highest BCUT2D eigenvalue weighted by Crippen LogP contribution is 2.38. The minimum atomic E-state index is -2.84. The topological polar surface area (TPSA) is 46.2 Å². The normalized spacial score (nSPS) is 24.1. The molecule has 0 radical (unpaired) electrons. The lowest BCUT2D eigenvalue weighted by Crippen LogP contribution is -2.45. The summed E-state index contributed by atoms with van der Waals surface area (Å²) in [6, 6.07) is 9.40. The molecule has 1 aromatic carbocycles. The number of sulfone groups is 1. The second-order valence-electron chi connectivity index (χ2n) is 6.21. The summed E-state index contributed by atoms with van der Waals surface area (Å²) in [7, 11) is -2.84. The van der Waals surface area contributed by atoms with Crippen molar-refractivity contribution in [3.63, 3.8) is 0 Å². The maximum absolute atomic E-state index is 11.2. The second kappa shape index (κ2) is 6.27. The van der Waals surface area contributed by atoms with E-state index in [1.165, 1.54) is 17.4 Å². The highest BCUT2D eigenvalue weighted by Gasteiger charge is 2.31. The third-order valence-electron chi connectivity index (χ3n) is 4.21. The summed E-state index contributed by atoms with van der Waals surface area (Å²) < 4.78 is 22.3. The van der Waals surface area contributed by atoms with Crippen LogP contribution in [0.25, 0.3) is 0 Å². The van der Waals surface area contributed by atoms with Crippen molar-refractivity contribution in [1.82, 2.24) is 5.32 Å². The van der Waals surface area contributed by atoms with Gasteiger partial charge >= 0.3 is 0 Å². The van der Waals surface area contributed by atoms with Gasteiger partial charge in [-0.3, -0.25) is 0 Å². The van der Waals surface area contributed by atoms with Gasteiger partial charge in [0.25, 0.3) is 0 Å². The van der Waals surface area contributed by atoms with Crippen molar-refractivity contribution in [2.24, 2.45) is 0 Å². The SMILES string of the molecule is Cc1ccccc1C1CC(NC(C)CCS(C)(=O)=O)C1. The van der Waals surface area contributed by atoms with Gasteiger partial charge in [-0.15, -0.1) is 0 Å². The number of rotatable bonds is 6. The van der Waals surface area contributed by atoms with Crippen molar-refractivity contribution in [2.45, 2.75) is 51.1 Å². The van der Waals surface area contributed by atoms with Crippen LogP contribution in [0.1, 0.15) is 43.2 Å². The van der Waals surface area contributed by atoms with Crippen LogP contribution >= 0.6 is 0 Å². The summed E-state index contributed by atoms with van der Waals surface area (Å²) in [6.45, 7) is 4.25. The van der Waals surface area contributed by atoms with E-state index in [0.717, 1.165) is 12.8 Å². The fourth-order valence-electron chi connectivity index (χ4n) is 2.93. The monoisotopic (exact) mass is 295 g/mol. The van der Waals surface area contributed by atoms with Gasteiger partial charge in [-0.1, -0.05) is 24.3 Å². The van der Waals surface area contributed by atoms with E-state index in [4.69, 9.17) is 0 Å². The molecule has 1 fully saturated rings. The van der Waals surface area contributed by atoms with E-state index in [0.29, 0.717) is 18.4 Å². The molecule has 0 bridgehead atoms. The Labute approximate surface area is 122 Å². The summed E-state index contributed by atoms with van der Waals surface area (Å²) in [5.74, 6) is 0.936. The first-order valence-electron chi connectivity index (χ1n) is 7.34. The molecule has 20 heavy (non-hydrogen) atoms. The molecule has 1 aliphatic rings. The second-order valence-corrected chi connectivity index (χ2v) is 8.47. The third-order valence-corrected chi connectivity index (χ3v) is 5.19. The summed E-state index contributed by atoms with van der Waals surface area (Å²) in [6.07, 6.45) is 4.32. The van der Waals surface area contributed by atoms with Crippen molar-refractivity contribution in [3.05, 3.63) is 35.4 Å². The average molecular weight is 295 g/mol. The smallest absolute Gasteiger partial charge is 0.147 e. The van der Waals surface area contributed by atoms with Crippen LogP contribution in [0.15, 0.2) is 24.3 Å². The largest absolute Gasteiger partial charge is 0.311 e. The van der Waals surface area contributed by atoms with E-state index in [1.807, 2.05) is 0 Å². The van der Waals surface area contributed by atoms with Crippen LogP contribution in [0.3, 0.4) is 0 Å². The molecule has 1 atom stereocenters. The average Bonchev–Trinajstić information content (AvgIpc) is 2.31. The standard InChI is InChI=1S/C16H25NO2S/c1-12-6-4-5-7-16(12)14-10-15(11-14)17-13(2)8-9-20(3,18)19/h4-7,13-15,17H,8-11H2,1-3H3. The Kier molecular flexibility index (Phi) is 4.86. The van der Waals surface area contributed by atoms with Crippen LogP contribution in [-0.2, 0) is 9.84 Å². The van der Waals surface area contributed by atoms with Gasteiger partial charge in [0.05, 0.1) is 5.75 Å². The Hall–Kier alpha value is -0.870. The van der Waals surface area contributed by atoms with E-state index in [2.05, 4.69) is 43.4 Å². The fraction of sp³-hybridized carbons (Fsp3) is 0.625. The first-order valence-corrected chi connectivity index (χ1v) is 9.40. The molecule has 1 aliphatic carbocycles. The molecule has 1 N–H and O–H groups in total. The minimum Gasteiger partial charge on any atom is -0.311 e. The van der Waals surface area contributed by atoms with Crippen LogP contribution in [0.2, 0.25) is 0 Å². The zero-order valence-electron chi connectivity index (χ0n) is 12.6. The molecule has 3 nitrogen and oxygen atoms in total. The molecule has 1 aromatic rings. The third kappa shape index (κ3) is 4.32. The molecule has 0 amide bonds. The molecular formula is C16H25NO2S. The summed E-state index contributed by atoms with van der Waals surface area (Å²) in [5.41, 5.74) is 2.84. The number of hydrogen-bond acceptors (Lipinski definition) is 3. The van der Waals surface area contributed by atoms with E-state index in [9.17, 15) is 8.42 Å². The quantitative estimate of drug-likeness (QED) is 0.877. The van der Waals surface area contributed by atoms with Gasteiger partial charge in [0, 0.05) is 18.3 Å². The summed E-state index contributed by atoms with van der Waals surface area (Å²) >= 11 is 0. The molecule has 0 spiro atoms. The zero-order chi connectivity index (χ0) is 14.8.